The van der Waals surface area contributed by atoms with Gasteiger partial charge in [0.25, 0.3) is 5.56 Å². The predicted molar refractivity (Wildman–Crippen MR) is 99.5 cm³/mol. The van der Waals surface area contributed by atoms with Crippen molar-refractivity contribution in [2.24, 2.45) is 0 Å². The van der Waals surface area contributed by atoms with Crippen molar-refractivity contribution in [1.29, 1.82) is 0 Å². The largest absolute Gasteiger partial charge is 0.276 e. The van der Waals surface area contributed by atoms with E-state index in [0.29, 0.717) is 17.4 Å². The van der Waals surface area contributed by atoms with E-state index in [1.165, 1.54) is 4.68 Å². The number of hydrogen-bond acceptors (Lipinski definition) is 3. The Labute approximate surface area is 145 Å². The van der Waals surface area contributed by atoms with Crippen LogP contribution in [0.5, 0.6) is 0 Å². The second-order valence-corrected chi connectivity index (χ2v) is 6.07. The van der Waals surface area contributed by atoms with Crippen LogP contribution in [0.25, 0.3) is 22.2 Å². The van der Waals surface area contributed by atoms with Crippen LogP contribution in [0.3, 0.4) is 0 Å². The van der Waals surface area contributed by atoms with Gasteiger partial charge in [0.2, 0.25) is 0 Å². The highest BCUT2D eigenvalue weighted by Gasteiger charge is 2.13. The first-order chi connectivity index (χ1) is 12.2. The molecular formula is C21H17N3O. The Balaban J connectivity index is 1.96. The van der Waals surface area contributed by atoms with Crippen molar-refractivity contribution in [2.45, 2.75) is 13.5 Å². The zero-order valence-electron chi connectivity index (χ0n) is 13.9. The number of hydrogen-bond donors (Lipinski definition) is 0. The highest BCUT2D eigenvalue weighted by atomic mass is 16.1. The standard InChI is InChI=1S/C21H17N3O/c1-15-7-5-10-17(13-15)19-20-18(11-6-12-22-20)21(25)24(23-19)14-16-8-3-2-4-9-16/h2-13H,14H2,1H3. The molecule has 0 fully saturated rings. The van der Waals surface area contributed by atoms with Crippen molar-refractivity contribution in [1.82, 2.24) is 14.8 Å². The number of benzene rings is 2. The van der Waals surface area contributed by atoms with Gasteiger partial charge in [-0.2, -0.15) is 5.10 Å². The van der Waals surface area contributed by atoms with Crippen molar-refractivity contribution in [3.8, 4) is 11.3 Å². The van der Waals surface area contributed by atoms with Crippen LogP contribution in [-0.2, 0) is 6.54 Å². The molecule has 4 aromatic rings. The maximum Gasteiger partial charge on any atom is 0.276 e. The van der Waals surface area contributed by atoms with Gasteiger partial charge in [-0.25, -0.2) is 4.68 Å². The molecule has 0 radical (unpaired) electrons. The normalized spacial score (nSPS) is 10.9. The van der Waals surface area contributed by atoms with Gasteiger partial charge >= 0.3 is 0 Å². The van der Waals surface area contributed by atoms with Gasteiger partial charge in [0.15, 0.2) is 0 Å². The molecule has 2 aromatic heterocycles. The molecule has 4 heteroatoms. The van der Waals surface area contributed by atoms with Crippen LogP contribution in [0.4, 0.5) is 0 Å². The highest BCUT2D eigenvalue weighted by Crippen LogP contribution is 2.23. The van der Waals surface area contributed by atoms with Crippen LogP contribution in [0.2, 0.25) is 0 Å². The Morgan fingerprint density at radius 1 is 0.960 bits per heavy atom. The van der Waals surface area contributed by atoms with Gasteiger partial charge in [-0.05, 0) is 30.7 Å². The molecule has 4 nitrogen and oxygen atoms in total. The van der Waals surface area contributed by atoms with Crippen LogP contribution in [0, 0.1) is 6.92 Å². The molecule has 25 heavy (non-hydrogen) atoms. The van der Waals surface area contributed by atoms with E-state index in [1.54, 1.807) is 12.3 Å². The molecule has 0 spiro atoms. The van der Waals surface area contributed by atoms with E-state index >= 15 is 0 Å². The predicted octanol–water partition coefficient (Wildman–Crippen LogP) is 3.82. The van der Waals surface area contributed by atoms with Gasteiger partial charge < -0.3 is 0 Å². The zero-order chi connectivity index (χ0) is 17.2. The average molecular weight is 327 g/mol. The van der Waals surface area contributed by atoms with Gasteiger partial charge in [-0.3, -0.25) is 9.78 Å². The van der Waals surface area contributed by atoms with Crippen LogP contribution in [0.1, 0.15) is 11.1 Å². The van der Waals surface area contributed by atoms with Gasteiger partial charge in [0, 0.05) is 11.8 Å². The molecule has 122 valence electrons. The summed E-state index contributed by atoms with van der Waals surface area (Å²) in [4.78, 5) is 17.3. The number of pyridine rings is 1. The fraction of sp³-hybridized carbons (Fsp3) is 0.0952. The minimum Gasteiger partial charge on any atom is -0.267 e. The molecule has 0 aliphatic carbocycles. The molecule has 4 rings (SSSR count). The topological polar surface area (TPSA) is 47.8 Å². The molecule has 0 unspecified atom stereocenters. The first-order valence-electron chi connectivity index (χ1n) is 8.19. The van der Waals surface area contributed by atoms with Crippen LogP contribution < -0.4 is 5.56 Å². The summed E-state index contributed by atoms with van der Waals surface area (Å²) in [6, 6.07) is 21.6. The van der Waals surface area contributed by atoms with Gasteiger partial charge in [-0.1, -0.05) is 54.1 Å². The summed E-state index contributed by atoms with van der Waals surface area (Å²) in [6.07, 6.45) is 1.70. The lowest BCUT2D eigenvalue weighted by molar-refractivity contribution is 0.650. The third kappa shape index (κ3) is 2.94. The molecular weight excluding hydrogens is 310 g/mol. The third-order valence-electron chi connectivity index (χ3n) is 4.18. The first kappa shape index (κ1) is 15.3. The number of nitrogens with zero attached hydrogens (tertiary/aromatic N) is 3. The summed E-state index contributed by atoms with van der Waals surface area (Å²) < 4.78 is 1.52. The molecule has 0 saturated carbocycles. The summed E-state index contributed by atoms with van der Waals surface area (Å²) in [5.41, 5.74) is 4.39. The van der Waals surface area contributed by atoms with Gasteiger partial charge in [-0.15, -0.1) is 0 Å². The minimum absolute atomic E-state index is 0.122. The maximum atomic E-state index is 12.8. The molecule has 0 atom stereocenters. The average Bonchev–Trinajstić information content (AvgIpc) is 2.65. The Morgan fingerprint density at radius 2 is 1.80 bits per heavy atom. The van der Waals surface area contributed by atoms with E-state index in [2.05, 4.69) is 16.1 Å². The van der Waals surface area contributed by atoms with Crippen LogP contribution >= 0.6 is 0 Å². The van der Waals surface area contributed by atoms with Crippen molar-refractivity contribution in [2.75, 3.05) is 0 Å². The van der Waals surface area contributed by atoms with Gasteiger partial charge in [0.1, 0.15) is 11.2 Å². The summed E-state index contributed by atoms with van der Waals surface area (Å²) in [5.74, 6) is 0. The lowest BCUT2D eigenvalue weighted by Gasteiger charge is -2.11. The van der Waals surface area contributed by atoms with Crippen molar-refractivity contribution >= 4 is 10.9 Å². The molecule has 0 bridgehead atoms. The molecule has 0 aliphatic heterocycles. The van der Waals surface area contributed by atoms with Crippen molar-refractivity contribution in [3.05, 3.63) is 94.4 Å². The quantitative estimate of drug-likeness (QED) is 0.575. The maximum absolute atomic E-state index is 12.8. The zero-order valence-corrected chi connectivity index (χ0v) is 13.9. The first-order valence-corrected chi connectivity index (χ1v) is 8.19. The van der Waals surface area contributed by atoms with E-state index in [0.717, 1.165) is 22.4 Å². The smallest absolute Gasteiger partial charge is 0.267 e. The number of rotatable bonds is 3. The minimum atomic E-state index is -0.122. The number of fused-ring (bicyclic) bond motifs is 1. The second kappa shape index (κ2) is 6.32. The lowest BCUT2D eigenvalue weighted by Crippen LogP contribution is -2.24. The lowest BCUT2D eigenvalue weighted by atomic mass is 10.1. The number of aryl methyl sites for hydroxylation is 1. The molecule has 0 saturated heterocycles. The van der Waals surface area contributed by atoms with E-state index in [4.69, 9.17) is 0 Å². The van der Waals surface area contributed by atoms with Gasteiger partial charge in [0.05, 0.1) is 11.9 Å². The van der Waals surface area contributed by atoms with Crippen LogP contribution in [0.15, 0.2) is 77.7 Å². The third-order valence-corrected chi connectivity index (χ3v) is 4.18. The van der Waals surface area contributed by atoms with Crippen molar-refractivity contribution < 1.29 is 0 Å². The van der Waals surface area contributed by atoms with E-state index in [9.17, 15) is 4.79 Å². The van der Waals surface area contributed by atoms with E-state index in [1.807, 2.05) is 61.5 Å². The summed E-state index contributed by atoms with van der Waals surface area (Å²) in [7, 11) is 0. The van der Waals surface area contributed by atoms with Crippen molar-refractivity contribution in [3.63, 3.8) is 0 Å². The Morgan fingerprint density at radius 3 is 2.60 bits per heavy atom. The molecule has 2 aromatic carbocycles. The second-order valence-electron chi connectivity index (χ2n) is 6.07. The Kier molecular flexibility index (Phi) is 3.86. The fourth-order valence-corrected chi connectivity index (χ4v) is 2.97. The molecule has 0 N–H and O–H groups in total. The SMILES string of the molecule is Cc1cccc(-c2nn(Cc3ccccc3)c(=O)c3cccnc23)c1. The molecule has 0 amide bonds. The number of aromatic nitrogens is 3. The van der Waals surface area contributed by atoms with E-state index in [-0.39, 0.29) is 5.56 Å². The fourth-order valence-electron chi connectivity index (χ4n) is 2.97. The summed E-state index contributed by atoms with van der Waals surface area (Å²) in [6.45, 7) is 2.47. The highest BCUT2D eigenvalue weighted by molar-refractivity contribution is 5.90. The molecule has 2 heterocycles. The molecule has 0 aliphatic rings. The Hall–Kier alpha value is -3.27. The monoisotopic (exact) mass is 327 g/mol. The summed E-state index contributed by atoms with van der Waals surface area (Å²) in [5, 5.41) is 5.24. The Bertz CT molecular complexity index is 1100. The van der Waals surface area contributed by atoms with E-state index < -0.39 is 0 Å². The van der Waals surface area contributed by atoms with Crippen LogP contribution in [-0.4, -0.2) is 14.8 Å². The summed E-state index contributed by atoms with van der Waals surface area (Å²) >= 11 is 0.